The van der Waals surface area contributed by atoms with Crippen molar-refractivity contribution in [3.63, 3.8) is 0 Å². The molecule has 0 bridgehead atoms. The Balaban J connectivity index is 1.55. The molecule has 1 N–H and O–H groups in total. The summed E-state index contributed by atoms with van der Waals surface area (Å²) in [5.74, 6) is 0.285. The smallest absolute Gasteiger partial charge is 0.324 e. The van der Waals surface area contributed by atoms with Gasteiger partial charge in [-0.2, -0.15) is 0 Å². The molecule has 3 aromatic carbocycles. The van der Waals surface area contributed by atoms with Gasteiger partial charge in [0, 0.05) is 25.3 Å². The third-order valence-electron chi connectivity index (χ3n) is 6.19. The van der Waals surface area contributed by atoms with Crippen LogP contribution in [0.15, 0.2) is 78.9 Å². The van der Waals surface area contributed by atoms with E-state index in [1.807, 2.05) is 84.6 Å². The number of hydrogen-bond acceptors (Lipinski definition) is 3. The van der Waals surface area contributed by atoms with E-state index in [1.165, 1.54) is 0 Å². The quantitative estimate of drug-likeness (QED) is 0.475. The van der Waals surface area contributed by atoms with Crippen LogP contribution in [0.5, 0.6) is 5.75 Å². The van der Waals surface area contributed by atoms with Crippen molar-refractivity contribution in [2.45, 2.75) is 32.2 Å². The number of carbonyl (C=O) groups excluding carboxylic acids is 2. The first kappa shape index (κ1) is 23.4. The van der Waals surface area contributed by atoms with Crippen LogP contribution in [0.4, 0.5) is 16.2 Å². The van der Waals surface area contributed by atoms with Crippen LogP contribution in [0.2, 0.25) is 0 Å². The maximum atomic E-state index is 13.4. The minimum Gasteiger partial charge on any atom is -0.495 e. The second-order valence-electron chi connectivity index (χ2n) is 8.44. The summed E-state index contributed by atoms with van der Waals surface area (Å²) in [6.45, 7) is 3.87. The molecule has 1 aliphatic heterocycles. The van der Waals surface area contributed by atoms with Gasteiger partial charge in [-0.1, -0.05) is 67.6 Å². The predicted octanol–water partition coefficient (Wildman–Crippen LogP) is 5.66. The molecule has 1 fully saturated rings. The lowest BCUT2D eigenvalue weighted by molar-refractivity contribution is -0.117. The number of hydrogen-bond donors (Lipinski definition) is 1. The van der Waals surface area contributed by atoms with E-state index < -0.39 is 0 Å². The average Bonchev–Trinajstić information content (AvgIpc) is 2.87. The predicted molar refractivity (Wildman–Crippen MR) is 135 cm³/mol. The lowest BCUT2D eigenvalue weighted by Crippen LogP contribution is -2.49. The Kier molecular flexibility index (Phi) is 7.48. The molecule has 1 heterocycles. The fourth-order valence-electron chi connectivity index (χ4n) is 4.42. The number of anilines is 2. The SMILES string of the molecule is CCC(C(=O)Nc1ccc(OC)c(N2CCCN(Cc3ccccc3)C2=O)c1)c1ccccc1. The van der Waals surface area contributed by atoms with Crippen LogP contribution in [-0.4, -0.2) is 37.0 Å². The van der Waals surface area contributed by atoms with E-state index >= 15 is 0 Å². The van der Waals surface area contributed by atoms with Crippen molar-refractivity contribution in [2.24, 2.45) is 0 Å². The molecular formula is C28H31N3O3. The molecule has 0 radical (unpaired) electrons. The van der Waals surface area contributed by atoms with E-state index in [1.54, 1.807) is 18.1 Å². The highest BCUT2D eigenvalue weighted by molar-refractivity contribution is 5.98. The van der Waals surface area contributed by atoms with Crippen molar-refractivity contribution in [2.75, 3.05) is 30.4 Å². The zero-order chi connectivity index (χ0) is 23.9. The molecular weight excluding hydrogens is 426 g/mol. The number of methoxy groups -OCH3 is 1. The van der Waals surface area contributed by atoms with Gasteiger partial charge in [0.1, 0.15) is 5.75 Å². The molecule has 0 spiro atoms. The van der Waals surface area contributed by atoms with Crippen LogP contribution in [0.1, 0.15) is 36.8 Å². The van der Waals surface area contributed by atoms with Crippen molar-refractivity contribution >= 4 is 23.3 Å². The normalized spacial score (nSPS) is 14.6. The first-order valence-electron chi connectivity index (χ1n) is 11.7. The van der Waals surface area contributed by atoms with Gasteiger partial charge in [0.2, 0.25) is 5.91 Å². The number of nitrogens with one attached hydrogen (secondary N) is 1. The molecule has 3 amide bonds. The lowest BCUT2D eigenvalue weighted by atomic mass is 9.95. The summed E-state index contributed by atoms with van der Waals surface area (Å²) in [6, 6.07) is 25.2. The molecule has 3 aromatic rings. The summed E-state index contributed by atoms with van der Waals surface area (Å²) in [6.07, 6.45) is 1.54. The topological polar surface area (TPSA) is 61.9 Å². The van der Waals surface area contributed by atoms with E-state index in [-0.39, 0.29) is 17.9 Å². The fourth-order valence-corrected chi connectivity index (χ4v) is 4.42. The van der Waals surface area contributed by atoms with E-state index in [0.717, 1.165) is 17.5 Å². The second-order valence-corrected chi connectivity index (χ2v) is 8.44. The highest BCUT2D eigenvalue weighted by atomic mass is 16.5. The molecule has 1 aliphatic rings. The fraction of sp³-hybridized carbons (Fsp3) is 0.286. The Bertz CT molecular complexity index is 1120. The number of urea groups is 1. The van der Waals surface area contributed by atoms with Crippen molar-refractivity contribution < 1.29 is 14.3 Å². The molecule has 6 nitrogen and oxygen atoms in total. The molecule has 1 atom stereocenters. The minimum absolute atomic E-state index is 0.0624. The van der Waals surface area contributed by atoms with Gasteiger partial charge >= 0.3 is 6.03 Å². The minimum atomic E-state index is -0.246. The number of ether oxygens (including phenoxy) is 1. The highest BCUT2D eigenvalue weighted by Gasteiger charge is 2.29. The maximum absolute atomic E-state index is 13.4. The zero-order valence-corrected chi connectivity index (χ0v) is 19.7. The van der Waals surface area contributed by atoms with Crippen LogP contribution in [0.3, 0.4) is 0 Å². The monoisotopic (exact) mass is 457 g/mol. The molecule has 0 aromatic heterocycles. The van der Waals surface area contributed by atoms with Gasteiger partial charge < -0.3 is 15.0 Å². The summed E-state index contributed by atoms with van der Waals surface area (Å²) in [7, 11) is 1.59. The van der Waals surface area contributed by atoms with E-state index in [4.69, 9.17) is 4.74 Å². The van der Waals surface area contributed by atoms with Gasteiger partial charge in [-0.15, -0.1) is 0 Å². The first-order chi connectivity index (χ1) is 16.6. The molecule has 0 aliphatic carbocycles. The van der Waals surface area contributed by atoms with Crippen LogP contribution >= 0.6 is 0 Å². The Hall–Kier alpha value is -3.80. The Morgan fingerprint density at radius 3 is 2.38 bits per heavy atom. The highest BCUT2D eigenvalue weighted by Crippen LogP contribution is 2.34. The summed E-state index contributed by atoms with van der Waals surface area (Å²) in [5, 5.41) is 3.04. The Morgan fingerprint density at radius 2 is 1.71 bits per heavy atom. The van der Waals surface area contributed by atoms with Crippen LogP contribution in [-0.2, 0) is 11.3 Å². The molecule has 4 rings (SSSR count). The van der Waals surface area contributed by atoms with Gasteiger partial charge in [0.15, 0.2) is 0 Å². The number of amides is 3. The first-order valence-corrected chi connectivity index (χ1v) is 11.7. The van der Waals surface area contributed by atoms with Crippen molar-refractivity contribution in [1.29, 1.82) is 0 Å². The average molecular weight is 458 g/mol. The maximum Gasteiger partial charge on any atom is 0.324 e. The largest absolute Gasteiger partial charge is 0.495 e. The van der Waals surface area contributed by atoms with Gasteiger partial charge in [-0.25, -0.2) is 4.79 Å². The molecule has 1 saturated heterocycles. The van der Waals surface area contributed by atoms with Crippen molar-refractivity contribution in [1.82, 2.24) is 4.90 Å². The molecule has 1 unspecified atom stereocenters. The number of rotatable bonds is 8. The molecule has 6 heteroatoms. The van der Waals surface area contributed by atoms with Crippen LogP contribution < -0.4 is 15.0 Å². The van der Waals surface area contributed by atoms with Crippen molar-refractivity contribution in [3.05, 3.63) is 90.0 Å². The third kappa shape index (κ3) is 5.22. The molecule has 34 heavy (non-hydrogen) atoms. The van der Waals surface area contributed by atoms with E-state index in [9.17, 15) is 9.59 Å². The van der Waals surface area contributed by atoms with Gasteiger partial charge in [-0.3, -0.25) is 9.69 Å². The lowest BCUT2D eigenvalue weighted by Gasteiger charge is -2.36. The zero-order valence-electron chi connectivity index (χ0n) is 19.7. The molecule has 0 saturated carbocycles. The van der Waals surface area contributed by atoms with E-state index in [2.05, 4.69) is 5.32 Å². The Labute approximate surface area is 201 Å². The molecule has 176 valence electrons. The van der Waals surface area contributed by atoms with E-state index in [0.29, 0.717) is 43.2 Å². The summed E-state index contributed by atoms with van der Waals surface area (Å²) in [4.78, 5) is 30.1. The number of carbonyl (C=O) groups is 2. The number of benzene rings is 3. The van der Waals surface area contributed by atoms with Crippen LogP contribution in [0, 0.1) is 0 Å². The van der Waals surface area contributed by atoms with Crippen molar-refractivity contribution in [3.8, 4) is 5.75 Å². The van der Waals surface area contributed by atoms with Gasteiger partial charge in [0.05, 0.1) is 18.7 Å². The summed E-state index contributed by atoms with van der Waals surface area (Å²) < 4.78 is 5.57. The standard InChI is InChI=1S/C28H31N3O3/c1-3-24(22-13-8-5-9-14-22)27(32)29-23-15-16-26(34-2)25(19-23)31-18-10-17-30(28(31)33)20-21-11-6-4-7-12-21/h4-9,11-16,19,24H,3,10,17-18,20H2,1-2H3,(H,29,32). The van der Waals surface area contributed by atoms with Gasteiger partial charge in [-0.05, 0) is 42.2 Å². The summed E-state index contributed by atoms with van der Waals surface area (Å²) >= 11 is 0. The second kappa shape index (κ2) is 10.9. The third-order valence-corrected chi connectivity index (χ3v) is 6.19. The van der Waals surface area contributed by atoms with Crippen LogP contribution in [0.25, 0.3) is 0 Å². The Morgan fingerprint density at radius 1 is 1.00 bits per heavy atom. The number of nitrogens with zero attached hydrogens (tertiary/aromatic N) is 2. The summed E-state index contributed by atoms with van der Waals surface area (Å²) in [5.41, 5.74) is 3.38. The van der Waals surface area contributed by atoms with Gasteiger partial charge in [0.25, 0.3) is 0 Å².